The third-order valence-electron chi connectivity index (χ3n) is 7.49. The van der Waals surface area contributed by atoms with E-state index in [1.165, 1.54) is 0 Å². The molecular formula is C38H30N2O4. The Balaban J connectivity index is 1.39. The summed E-state index contributed by atoms with van der Waals surface area (Å²) in [5.74, 6) is 9.23. The molecule has 0 amide bonds. The minimum atomic E-state index is -0.147. The van der Waals surface area contributed by atoms with Crippen molar-refractivity contribution in [3.63, 3.8) is 0 Å². The van der Waals surface area contributed by atoms with Crippen LogP contribution in [-0.2, 0) is 0 Å². The van der Waals surface area contributed by atoms with Gasteiger partial charge in [0.15, 0.2) is 0 Å². The smallest absolute Gasteiger partial charge is 0.266 e. The number of hydrogen-bond acceptors (Lipinski definition) is 5. The Morgan fingerprint density at radius 1 is 0.705 bits per heavy atom. The summed E-state index contributed by atoms with van der Waals surface area (Å²) in [6.45, 7) is 1.98. The van der Waals surface area contributed by atoms with Crippen LogP contribution in [0.5, 0.6) is 17.2 Å². The van der Waals surface area contributed by atoms with Crippen molar-refractivity contribution < 1.29 is 14.2 Å². The molecule has 0 radical (unpaired) electrons. The molecule has 0 fully saturated rings. The van der Waals surface area contributed by atoms with Gasteiger partial charge >= 0.3 is 0 Å². The van der Waals surface area contributed by atoms with Crippen LogP contribution in [0.4, 0.5) is 0 Å². The summed E-state index contributed by atoms with van der Waals surface area (Å²) in [5.41, 5.74) is 4.72. The molecule has 216 valence electrons. The van der Waals surface area contributed by atoms with Gasteiger partial charge in [-0.25, -0.2) is 4.98 Å². The highest BCUT2D eigenvalue weighted by Gasteiger charge is 2.13. The van der Waals surface area contributed by atoms with Crippen LogP contribution in [0.3, 0.4) is 0 Å². The first kappa shape index (κ1) is 28.3. The number of methoxy groups -OCH3 is 3. The molecule has 0 unspecified atom stereocenters. The number of nitrogens with zero attached hydrogens (tertiary/aromatic N) is 2. The van der Waals surface area contributed by atoms with Gasteiger partial charge in [-0.3, -0.25) is 9.36 Å². The number of fused-ring (bicyclic) bond motifs is 2. The molecule has 6 heteroatoms. The van der Waals surface area contributed by atoms with Crippen LogP contribution in [0, 0.1) is 18.8 Å². The average molecular weight is 579 g/mol. The molecule has 0 bridgehead atoms. The lowest BCUT2D eigenvalue weighted by Gasteiger charge is -2.14. The van der Waals surface area contributed by atoms with E-state index in [0.717, 1.165) is 44.5 Å². The highest BCUT2D eigenvalue weighted by Crippen LogP contribution is 2.27. The number of hydrogen-bond donors (Lipinski definition) is 0. The lowest BCUT2D eigenvalue weighted by molar-refractivity contribution is 0.394. The number of benzene rings is 5. The third kappa shape index (κ3) is 5.64. The molecular weight excluding hydrogens is 548 g/mol. The first-order valence-corrected chi connectivity index (χ1v) is 14.1. The van der Waals surface area contributed by atoms with E-state index in [0.29, 0.717) is 28.2 Å². The van der Waals surface area contributed by atoms with Crippen molar-refractivity contribution in [1.82, 2.24) is 9.55 Å². The van der Waals surface area contributed by atoms with Gasteiger partial charge in [-0.1, -0.05) is 36.1 Å². The molecule has 0 aliphatic rings. The van der Waals surface area contributed by atoms with Gasteiger partial charge in [-0.05, 0) is 102 Å². The molecule has 6 nitrogen and oxygen atoms in total. The molecule has 0 aliphatic carbocycles. The van der Waals surface area contributed by atoms with E-state index in [1.807, 2.05) is 104 Å². The number of aromatic nitrogens is 2. The van der Waals surface area contributed by atoms with Gasteiger partial charge in [-0.2, -0.15) is 0 Å². The largest absolute Gasteiger partial charge is 0.497 e. The van der Waals surface area contributed by atoms with Crippen molar-refractivity contribution in [2.24, 2.45) is 0 Å². The summed E-state index contributed by atoms with van der Waals surface area (Å²) in [5, 5.41) is 2.74. The first-order valence-electron chi connectivity index (χ1n) is 14.1. The van der Waals surface area contributed by atoms with Gasteiger partial charge in [0, 0.05) is 22.8 Å². The summed E-state index contributed by atoms with van der Waals surface area (Å²) in [6, 6.07) is 30.9. The van der Waals surface area contributed by atoms with E-state index in [9.17, 15) is 4.79 Å². The van der Waals surface area contributed by atoms with Crippen LogP contribution in [-0.4, -0.2) is 30.9 Å². The Hall–Kier alpha value is -5.80. The molecule has 0 aliphatic heterocycles. The maximum Gasteiger partial charge on any atom is 0.266 e. The van der Waals surface area contributed by atoms with E-state index in [-0.39, 0.29) is 5.56 Å². The lowest BCUT2D eigenvalue weighted by Crippen LogP contribution is -2.23. The number of rotatable bonds is 6. The summed E-state index contributed by atoms with van der Waals surface area (Å²) in [7, 11) is 4.89. The summed E-state index contributed by atoms with van der Waals surface area (Å²) < 4.78 is 17.9. The van der Waals surface area contributed by atoms with Crippen LogP contribution in [0.25, 0.3) is 39.5 Å². The molecule has 44 heavy (non-hydrogen) atoms. The standard InChI is InChI=1S/C38H30N2O4/c1-25-21-26(9-10-27-11-13-30-23-31(42-2)18-15-29(30)22-27)12-19-35(25)40-37(39-34-8-6-5-7-33(34)38(40)41)20-16-28-14-17-32(43-3)24-36(28)44-4/h5-8,11-24H,1-4H3/b20-16+. The van der Waals surface area contributed by atoms with E-state index < -0.39 is 0 Å². The zero-order valence-corrected chi connectivity index (χ0v) is 24.9. The SMILES string of the molecule is COc1ccc(/C=C/c2nc3ccccc3c(=O)n2-c2ccc(C#Cc3ccc4cc(OC)ccc4c3)cc2C)c(OC)c1. The highest BCUT2D eigenvalue weighted by molar-refractivity contribution is 5.85. The Kier molecular flexibility index (Phi) is 7.86. The minimum Gasteiger partial charge on any atom is -0.497 e. The molecule has 1 heterocycles. The zero-order chi connectivity index (χ0) is 30.6. The van der Waals surface area contributed by atoms with Crippen molar-refractivity contribution >= 4 is 33.8 Å². The van der Waals surface area contributed by atoms with E-state index >= 15 is 0 Å². The minimum absolute atomic E-state index is 0.147. The maximum absolute atomic E-state index is 13.9. The van der Waals surface area contributed by atoms with Crippen molar-refractivity contribution in [3.8, 4) is 34.8 Å². The molecule has 0 saturated heterocycles. The molecule has 1 aromatic heterocycles. The van der Waals surface area contributed by atoms with Crippen molar-refractivity contribution in [2.75, 3.05) is 21.3 Å². The normalized spacial score (nSPS) is 11.0. The van der Waals surface area contributed by atoms with Gasteiger partial charge in [0.25, 0.3) is 5.56 Å². The number of para-hydroxylation sites is 1. The van der Waals surface area contributed by atoms with Crippen molar-refractivity contribution in [3.05, 3.63) is 135 Å². The van der Waals surface area contributed by atoms with E-state index in [1.54, 1.807) is 32.0 Å². The average Bonchev–Trinajstić information content (AvgIpc) is 3.06. The Morgan fingerprint density at radius 2 is 1.39 bits per heavy atom. The number of aryl methyl sites for hydroxylation is 1. The molecule has 5 aromatic carbocycles. The first-order chi connectivity index (χ1) is 21.5. The van der Waals surface area contributed by atoms with Crippen LogP contribution in [0.15, 0.2) is 102 Å². The van der Waals surface area contributed by atoms with E-state index in [2.05, 4.69) is 17.9 Å². The van der Waals surface area contributed by atoms with Gasteiger partial charge < -0.3 is 14.2 Å². The second-order valence-corrected chi connectivity index (χ2v) is 10.2. The van der Waals surface area contributed by atoms with Crippen molar-refractivity contribution in [1.29, 1.82) is 0 Å². The fraction of sp³-hybridized carbons (Fsp3) is 0.105. The molecule has 0 saturated carbocycles. The van der Waals surface area contributed by atoms with Crippen LogP contribution in [0.1, 0.15) is 28.1 Å². The van der Waals surface area contributed by atoms with Gasteiger partial charge in [0.05, 0.1) is 37.9 Å². The van der Waals surface area contributed by atoms with E-state index in [4.69, 9.17) is 19.2 Å². The monoisotopic (exact) mass is 578 g/mol. The molecule has 0 atom stereocenters. The lowest BCUT2D eigenvalue weighted by atomic mass is 10.1. The summed E-state index contributed by atoms with van der Waals surface area (Å²) in [4.78, 5) is 18.7. The molecule has 0 spiro atoms. The van der Waals surface area contributed by atoms with Crippen LogP contribution in [0.2, 0.25) is 0 Å². The predicted octanol–water partition coefficient (Wildman–Crippen LogP) is 7.44. The number of ether oxygens (including phenoxy) is 3. The maximum atomic E-state index is 13.9. The van der Waals surface area contributed by atoms with Crippen molar-refractivity contribution in [2.45, 2.75) is 6.92 Å². The zero-order valence-electron chi connectivity index (χ0n) is 24.9. The molecule has 6 rings (SSSR count). The van der Waals surface area contributed by atoms with Gasteiger partial charge in [0.1, 0.15) is 23.1 Å². The Bertz CT molecular complexity index is 2180. The Morgan fingerprint density at radius 3 is 2.16 bits per heavy atom. The Labute approximate surface area is 255 Å². The fourth-order valence-electron chi connectivity index (χ4n) is 5.17. The second kappa shape index (κ2) is 12.2. The third-order valence-corrected chi connectivity index (χ3v) is 7.49. The summed E-state index contributed by atoms with van der Waals surface area (Å²) in [6.07, 6.45) is 3.72. The topological polar surface area (TPSA) is 62.6 Å². The summed E-state index contributed by atoms with van der Waals surface area (Å²) >= 11 is 0. The molecule has 0 N–H and O–H groups in total. The van der Waals surface area contributed by atoms with Gasteiger partial charge in [-0.15, -0.1) is 0 Å². The van der Waals surface area contributed by atoms with Gasteiger partial charge in [0.2, 0.25) is 0 Å². The van der Waals surface area contributed by atoms with Crippen LogP contribution < -0.4 is 19.8 Å². The quantitative estimate of drug-likeness (QED) is 0.192. The highest BCUT2D eigenvalue weighted by atomic mass is 16.5. The predicted molar refractivity (Wildman–Crippen MR) is 177 cm³/mol. The molecule has 6 aromatic rings. The van der Waals surface area contributed by atoms with Crippen LogP contribution >= 0.6 is 0 Å². The fourth-order valence-corrected chi connectivity index (χ4v) is 5.17. The second-order valence-electron chi connectivity index (χ2n) is 10.2.